The van der Waals surface area contributed by atoms with Crippen LogP contribution in [-0.4, -0.2) is 47.4 Å². The van der Waals surface area contributed by atoms with E-state index in [1.54, 1.807) is 7.11 Å². The maximum absolute atomic E-state index is 11.0. The van der Waals surface area contributed by atoms with Gasteiger partial charge in [-0.25, -0.2) is 4.79 Å². The standard InChI is InChI=1S/C22H22N2O4/c1-27-21-4-2-3-20-19(21)13-16(14-23-20)15-5-7-17(8-6-15)28-18-9-11-24(12-10-18)22(25)26/h2-8,13-14,18H,9-12H2,1H3,(H,25,26). The molecule has 2 aromatic carbocycles. The minimum absolute atomic E-state index is 0.0491. The maximum Gasteiger partial charge on any atom is 0.407 e. The fourth-order valence-corrected chi connectivity index (χ4v) is 3.54. The third kappa shape index (κ3) is 3.71. The molecule has 0 saturated carbocycles. The van der Waals surface area contributed by atoms with Crippen LogP contribution in [0.5, 0.6) is 11.5 Å². The van der Waals surface area contributed by atoms with E-state index in [-0.39, 0.29) is 6.10 Å². The highest BCUT2D eigenvalue weighted by atomic mass is 16.5. The number of carbonyl (C=O) groups is 1. The van der Waals surface area contributed by atoms with Gasteiger partial charge in [-0.3, -0.25) is 4.98 Å². The van der Waals surface area contributed by atoms with Gasteiger partial charge < -0.3 is 19.5 Å². The van der Waals surface area contributed by atoms with Crippen LogP contribution in [0.4, 0.5) is 4.79 Å². The summed E-state index contributed by atoms with van der Waals surface area (Å²) in [6.45, 7) is 1.03. The van der Waals surface area contributed by atoms with Crippen LogP contribution in [-0.2, 0) is 0 Å². The summed E-state index contributed by atoms with van der Waals surface area (Å²) < 4.78 is 11.5. The number of benzene rings is 2. The number of amides is 1. The summed E-state index contributed by atoms with van der Waals surface area (Å²) in [6, 6.07) is 15.8. The number of piperidine rings is 1. The van der Waals surface area contributed by atoms with E-state index in [9.17, 15) is 4.79 Å². The molecule has 4 rings (SSSR count). The van der Waals surface area contributed by atoms with Crippen LogP contribution in [0.15, 0.2) is 54.7 Å². The number of fused-ring (bicyclic) bond motifs is 1. The average molecular weight is 378 g/mol. The highest BCUT2D eigenvalue weighted by Gasteiger charge is 2.23. The average Bonchev–Trinajstić information content (AvgIpc) is 2.74. The molecule has 28 heavy (non-hydrogen) atoms. The van der Waals surface area contributed by atoms with Crippen LogP contribution in [0.2, 0.25) is 0 Å². The molecule has 1 saturated heterocycles. The van der Waals surface area contributed by atoms with Gasteiger partial charge in [0, 0.05) is 43.1 Å². The number of ether oxygens (including phenoxy) is 2. The van der Waals surface area contributed by atoms with Gasteiger partial charge in [-0.1, -0.05) is 18.2 Å². The predicted molar refractivity (Wildman–Crippen MR) is 107 cm³/mol. The third-order valence-corrected chi connectivity index (χ3v) is 5.11. The maximum atomic E-state index is 11.0. The molecule has 1 aliphatic rings. The lowest BCUT2D eigenvalue weighted by molar-refractivity contribution is 0.0895. The Kier molecular flexibility index (Phi) is 5.02. The molecule has 1 amide bonds. The van der Waals surface area contributed by atoms with Gasteiger partial charge in [-0.15, -0.1) is 0 Å². The molecule has 144 valence electrons. The molecule has 1 N–H and O–H groups in total. The second-order valence-electron chi connectivity index (χ2n) is 6.86. The Morgan fingerprint density at radius 3 is 2.54 bits per heavy atom. The summed E-state index contributed by atoms with van der Waals surface area (Å²) >= 11 is 0. The van der Waals surface area contributed by atoms with Crippen molar-refractivity contribution in [3.63, 3.8) is 0 Å². The number of likely N-dealkylation sites (tertiary alicyclic amines) is 1. The molecule has 1 aromatic heterocycles. The first kappa shape index (κ1) is 18.1. The lowest BCUT2D eigenvalue weighted by Crippen LogP contribution is -2.41. The Morgan fingerprint density at radius 2 is 1.86 bits per heavy atom. The molecule has 0 unspecified atom stereocenters. The normalized spacial score (nSPS) is 14.8. The number of methoxy groups -OCH3 is 1. The smallest absolute Gasteiger partial charge is 0.407 e. The SMILES string of the molecule is COc1cccc2ncc(-c3ccc(OC4CCN(C(=O)O)CC4)cc3)cc12. The largest absolute Gasteiger partial charge is 0.496 e. The van der Waals surface area contributed by atoms with Crippen molar-refractivity contribution in [3.8, 4) is 22.6 Å². The third-order valence-electron chi connectivity index (χ3n) is 5.11. The van der Waals surface area contributed by atoms with Gasteiger partial charge in [-0.2, -0.15) is 0 Å². The van der Waals surface area contributed by atoms with Crippen molar-refractivity contribution in [2.24, 2.45) is 0 Å². The first-order chi connectivity index (χ1) is 13.6. The number of hydrogen-bond acceptors (Lipinski definition) is 4. The number of pyridine rings is 1. The summed E-state index contributed by atoms with van der Waals surface area (Å²) in [5, 5.41) is 10.0. The molecule has 6 nitrogen and oxygen atoms in total. The highest BCUT2D eigenvalue weighted by Crippen LogP contribution is 2.30. The van der Waals surface area contributed by atoms with Crippen molar-refractivity contribution >= 4 is 17.0 Å². The van der Waals surface area contributed by atoms with E-state index >= 15 is 0 Å². The van der Waals surface area contributed by atoms with E-state index in [4.69, 9.17) is 14.6 Å². The summed E-state index contributed by atoms with van der Waals surface area (Å²) in [5.74, 6) is 1.60. The topological polar surface area (TPSA) is 71.9 Å². The van der Waals surface area contributed by atoms with Crippen LogP contribution in [0.3, 0.4) is 0 Å². The zero-order valence-corrected chi connectivity index (χ0v) is 15.7. The quantitative estimate of drug-likeness (QED) is 0.727. The van der Waals surface area contributed by atoms with E-state index < -0.39 is 6.09 Å². The predicted octanol–water partition coefficient (Wildman–Crippen LogP) is 4.43. The summed E-state index contributed by atoms with van der Waals surface area (Å²) in [4.78, 5) is 17.0. The molecule has 0 spiro atoms. The van der Waals surface area contributed by atoms with Crippen molar-refractivity contribution in [2.45, 2.75) is 18.9 Å². The number of carboxylic acid groups (broad SMARTS) is 1. The molecule has 0 radical (unpaired) electrons. The number of hydrogen-bond donors (Lipinski definition) is 1. The molecule has 3 aromatic rings. The van der Waals surface area contributed by atoms with Crippen molar-refractivity contribution in [3.05, 3.63) is 54.7 Å². The molecule has 1 fully saturated rings. The molecule has 0 bridgehead atoms. The Labute approximate surface area is 163 Å². The van der Waals surface area contributed by atoms with Crippen LogP contribution in [0.1, 0.15) is 12.8 Å². The fourth-order valence-electron chi connectivity index (χ4n) is 3.54. The second kappa shape index (κ2) is 7.76. The molecular weight excluding hydrogens is 356 g/mol. The Bertz CT molecular complexity index is 979. The van der Waals surface area contributed by atoms with Crippen molar-refractivity contribution < 1.29 is 19.4 Å². The van der Waals surface area contributed by atoms with Crippen molar-refractivity contribution in [2.75, 3.05) is 20.2 Å². The van der Waals surface area contributed by atoms with Gasteiger partial charge in [0.1, 0.15) is 17.6 Å². The zero-order chi connectivity index (χ0) is 19.5. The molecule has 6 heteroatoms. The zero-order valence-electron chi connectivity index (χ0n) is 15.7. The van der Waals surface area contributed by atoms with Gasteiger partial charge in [0.2, 0.25) is 0 Å². The molecule has 2 heterocycles. The first-order valence-electron chi connectivity index (χ1n) is 9.32. The Morgan fingerprint density at radius 1 is 1.11 bits per heavy atom. The van der Waals surface area contributed by atoms with Crippen molar-refractivity contribution in [1.82, 2.24) is 9.88 Å². The Balaban J connectivity index is 1.48. The Hall–Kier alpha value is -3.28. The van der Waals surface area contributed by atoms with Crippen LogP contribution in [0.25, 0.3) is 22.0 Å². The van der Waals surface area contributed by atoms with Gasteiger partial charge in [-0.05, 0) is 35.9 Å². The van der Waals surface area contributed by atoms with Crippen LogP contribution in [0, 0.1) is 0 Å². The molecular formula is C22H22N2O4. The molecule has 0 atom stereocenters. The van der Waals surface area contributed by atoms with E-state index in [2.05, 4.69) is 11.1 Å². The lowest BCUT2D eigenvalue weighted by Gasteiger charge is -2.30. The number of nitrogens with zero attached hydrogens (tertiary/aromatic N) is 2. The van der Waals surface area contributed by atoms with Gasteiger partial charge in [0.05, 0.1) is 12.6 Å². The van der Waals surface area contributed by atoms with E-state index in [0.717, 1.165) is 33.5 Å². The summed E-state index contributed by atoms with van der Waals surface area (Å²) in [6.07, 6.45) is 2.47. The molecule has 0 aliphatic carbocycles. The van der Waals surface area contributed by atoms with E-state index in [1.807, 2.05) is 48.7 Å². The van der Waals surface area contributed by atoms with Crippen LogP contribution >= 0.6 is 0 Å². The summed E-state index contributed by atoms with van der Waals surface area (Å²) in [5.41, 5.74) is 2.96. The minimum Gasteiger partial charge on any atom is -0.496 e. The minimum atomic E-state index is -0.858. The van der Waals surface area contributed by atoms with E-state index in [0.29, 0.717) is 25.9 Å². The second-order valence-corrected chi connectivity index (χ2v) is 6.86. The number of rotatable bonds is 4. The van der Waals surface area contributed by atoms with Gasteiger partial charge >= 0.3 is 6.09 Å². The van der Waals surface area contributed by atoms with Gasteiger partial charge in [0.25, 0.3) is 0 Å². The number of aromatic nitrogens is 1. The highest BCUT2D eigenvalue weighted by molar-refractivity contribution is 5.88. The first-order valence-corrected chi connectivity index (χ1v) is 9.32. The van der Waals surface area contributed by atoms with Gasteiger partial charge in [0.15, 0.2) is 0 Å². The fraction of sp³-hybridized carbons (Fsp3) is 0.273. The summed E-state index contributed by atoms with van der Waals surface area (Å²) in [7, 11) is 1.66. The molecule has 1 aliphatic heterocycles. The lowest BCUT2D eigenvalue weighted by atomic mass is 10.0. The van der Waals surface area contributed by atoms with Crippen LogP contribution < -0.4 is 9.47 Å². The van der Waals surface area contributed by atoms with Crippen molar-refractivity contribution in [1.29, 1.82) is 0 Å². The monoisotopic (exact) mass is 378 g/mol. The van der Waals surface area contributed by atoms with E-state index in [1.165, 1.54) is 4.90 Å².